The maximum atomic E-state index is 5.85. The maximum Gasteiger partial charge on any atom is 0.113 e. The quantitative estimate of drug-likeness (QED) is 0.803. The van der Waals surface area contributed by atoms with Gasteiger partial charge in [-0.2, -0.15) is 0 Å². The van der Waals surface area contributed by atoms with Crippen molar-refractivity contribution in [3.8, 4) is 11.3 Å². The largest absolute Gasteiger partial charge is 0.376 e. The summed E-state index contributed by atoms with van der Waals surface area (Å²) in [7, 11) is 5.85. The van der Waals surface area contributed by atoms with Crippen LogP contribution >= 0.6 is 0 Å². The van der Waals surface area contributed by atoms with E-state index in [1.807, 2.05) is 29.1 Å². The molecule has 2 heterocycles. The highest BCUT2D eigenvalue weighted by Crippen LogP contribution is 2.21. The third-order valence-electron chi connectivity index (χ3n) is 3.99. The molecule has 1 saturated heterocycles. The lowest BCUT2D eigenvalue weighted by Gasteiger charge is -2.21. The first kappa shape index (κ1) is 14.3. The minimum atomic E-state index is 0.269. The second-order valence-corrected chi connectivity index (χ2v) is 5.58. The van der Waals surface area contributed by atoms with Crippen molar-refractivity contribution in [2.75, 3.05) is 6.61 Å². The van der Waals surface area contributed by atoms with Crippen molar-refractivity contribution >= 4 is 13.3 Å². The summed E-state index contributed by atoms with van der Waals surface area (Å²) in [4.78, 5) is 0. The van der Waals surface area contributed by atoms with Crippen LogP contribution in [0.5, 0.6) is 0 Å². The van der Waals surface area contributed by atoms with E-state index in [1.54, 1.807) is 0 Å². The standard InChI is InChI=1S/C16H20BN3O/c1-2-12-9-13(17)6-7-15(12)16-11-20(19-18-16)10-14-5-3-4-8-21-14/h6-7,9,11,14H,2-5,8,10H2,1H3. The topological polar surface area (TPSA) is 39.9 Å². The highest BCUT2D eigenvalue weighted by Gasteiger charge is 2.16. The molecule has 108 valence electrons. The monoisotopic (exact) mass is 281 g/mol. The molecular weight excluding hydrogens is 261 g/mol. The van der Waals surface area contributed by atoms with Gasteiger partial charge in [0.05, 0.1) is 18.8 Å². The van der Waals surface area contributed by atoms with Crippen LogP contribution in [0.2, 0.25) is 0 Å². The molecule has 0 N–H and O–H groups in total. The van der Waals surface area contributed by atoms with Crippen LogP contribution in [0.25, 0.3) is 11.3 Å². The zero-order chi connectivity index (χ0) is 14.7. The van der Waals surface area contributed by atoms with Gasteiger partial charge in [-0.05, 0) is 31.2 Å². The van der Waals surface area contributed by atoms with E-state index < -0.39 is 0 Å². The van der Waals surface area contributed by atoms with Crippen LogP contribution in [-0.2, 0) is 17.7 Å². The van der Waals surface area contributed by atoms with Gasteiger partial charge in [0, 0.05) is 12.2 Å². The van der Waals surface area contributed by atoms with Gasteiger partial charge < -0.3 is 4.74 Å². The zero-order valence-electron chi connectivity index (χ0n) is 12.5. The Kier molecular flexibility index (Phi) is 4.39. The predicted octanol–water partition coefficient (Wildman–Crippen LogP) is 1.87. The molecule has 1 unspecified atom stereocenters. The molecular formula is C16H20BN3O. The number of rotatable bonds is 4. The minimum absolute atomic E-state index is 0.269. The lowest BCUT2D eigenvalue weighted by Crippen LogP contribution is -2.24. The summed E-state index contributed by atoms with van der Waals surface area (Å²) in [5.74, 6) is 0. The highest BCUT2D eigenvalue weighted by atomic mass is 16.5. The first-order chi connectivity index (χ1) is 10.3. The molecule has 1 fully saturated rings. The smallest absolute Gasteiger partial charge is 0.113 e. The van der Waals surface area contributed by atoms with Crippen molar-refractivity contribution in [2.45, 2.75) is 45.3 Å². The fraction of sp³-hybridized carbons (Fsp3) is 0.500. The van der Waals surface area contributed by atoms with Gasteiger partial charge in [-0.15, -0.1) is 5.10 Å². The summed E-state index contributed by atoms with van der Waals surface area (Å²) >= 11 is 0. The molecule has 0 saturated carbocycles. The van der Waals surface area contributed by atoms with E-state index in [4.69, 9.17) is 12.6 Å². The average Bonchev–Trinajstić information content (AvgIpc) is 2.96. The fourth-order valence-electron chi connectivity index (χ4n) is 2.83. The number of ether oxygens (including phenoxy) is 1. The van der Waals surface area contributed by atoms with E-state index in [2.05, 4.69) is 17.2 Å². The Hall–Kier alpha value is -1.62. The Morgan fingerprint density at radius 2 is 2.29 bits per heavy atom. The lowest BCUT2D eigenvalue weighted by molar-refractivity contribution is 0.00370. The van der Waals surface area contributed by atoms with Crippen molar-refractivity contribution < 1.29 is 4.74 Å². The lowest BCUT2D eigenvalue weighted by atomic mass is 9.90. The van der Waals surface area contributed by atoms with Crippen molar-refractivity contribution in [3.63, 3.8) is 0 Å². The van der Waals surface area contributed by atoms with Crippen molar-refractivity contribution in [2.24, 2.45) is 0 Å². The van der Waals surface area contributed by atoms with Crippen molar-refractivity contribution in [3.05, 3.63) is 30.0 Å². The fourth-order valence-corrected chi connectivity index (χ4v) is 2.83. The zero-order valence-corrected chi connectivity index (χ0v) is 12.5. The van der Waals surface area contributed by atoms with Crippen LogP contribution in [0, 0.1) is 0 Å². The normalized spacial score (nSPS) is 18.8. The molecule has 0 aliphatic carbocycles. The minimum Gasteiger partial charge on any atom is -0.376 e. The second kappa shape index (κ2) is 6.44. The van der Waals surface area contributed by atoms with Gasteiger partial charge in [-0.3, -0.25) is 0 Å². The Bertz CT molecular complexity index is 605. The van der Waals surface area contributed by atoms with Gasteiger partial charge in [-0.25, -0.2) is 4.68 Å². The summed E-state index contributed by atoms with van der Waals surface area (Å²) in [5.41, 5.74) is 4.01. The van der Waals surface area contributed by atoms with E-state index >= 15 is 0 Å². The molecule has 1 aromatic carbocycles. The molecule has 1 aliphatic rings. The van der Waals surface area contributed by atoms with E-state index in [0.717, 1.165) is 42.7 Å². The summed E-state index contributed by atoms with van der Waals surface area (Å²) in [5, 5.41) is 8.55. The molecule has 0 bridgehead atoms. The number of hydrogen-bond donors (Lipinski definition) is 0. The third-order valence-corrected chi connectivity index (χ3v) is 3.99. The van der Waals surface area contributed by atoms with Gasteiger partial charge in [0.2, 0.25) is 0 Å². The summed E-state index contributed by atoms with van der Waals surface area (Å²) in [6.07, 6.45) is 6.72. The molecule has 1 aliphatic heterocycles. The van der Waals surface area contributed by atoms with Gasteiger partial charge in [0.25, 0.3) is 0 Å². The molecule has 5 heteroatoms. The number of aryl methyl sites for hydroxylation is 1. The van der Waals surface area contributed by atoms with Gasteiger partial charge >= 0.3 is 0 Å². The first-order valence-electron chi connectivity index (χ1n) is 7.66. The summed E-state index contributed by atoms with van der Waals surface area (Å²) in [6.45, 7) is 3.77. The molecule has 0 spiro atoms. The molecule has 1 atom stereocenters. The van der Waals surface area contributed by atoms with Gasteiger partial charge in [0.1, 0.15) is 13.5 Å². The van der Waals surface area contributed by atoms with Crippen LogP contribution in [0.1, 0.15) is 31.7 Å². The first-order valence-corrected chi connectivity index (χ1v) is 7.66. The second-order valence-electron chi connectivity index (χ2n) is 5.58. The number of hydrogen-bond acceptors (Lipinski definition) is 3. The number of aromatic nitrogens is 3. The highest BCUT2D eigenvalue weighted by molar-refractivity contribution is 6.32. The van der Waals surface area contributed by atoms with E-state index in [1.165, 1.54) is 18.4 Å². The molecule has 0 amide bonds. The van der Waals surface area contributed by atoms with Crippen molar-refractivity contribution in [1.82, 2.24) is 15.0 Å². The summed E-state index contributed by atoms with van der Waals surface area (Å²) < 4.78 is 7.64. The van der Waals surface area contributed by atoms with Crippen molar-refractivity contribution in [1.29, 1.82) is 0 Å². The summed E-state index contributed by atoms with van der Waals surface area (Å²) in [6, 6.07) is 5.95. The third kappa shape index (κ3) is 3.35. The Morgan fingerprint density at radius 3 is 3.05 bits per heavy atom. The molecule has 2 aromatic rings. The van der Waals surface area contributed by atoms with Gasteiger partial charge in [0.15, 0.2) is 0 Å². The Labute approximate surface area is 126 Å². The van der Waals surface area contributed by atoms with E-state index in [9.17, 15) is 0 Å². The molecule has 2 radical (unpaired) electrons. The molecule has 21 heavy (non-hydrogen) atoms. The Morgan fingerprint density at radius 1 is 1.38 bits per heavy atom. The molecule has 1 aromatic heterocycles. The van der Waals surface area contributed by atoms with Crippen LogP contribution in [0.3, 0.4) is 0 Å². The van der Waals surface area contributed by atoms with Crippen LogP contribution in [0.15, 0.2) is 24.4 Å². The van der Waals surface area contributed by atoms with Crippen LogP contribution < -0.4 is 5.46 Å². The SMILES string of the molecule is [B]c1ccc(-c2cn(CC3CCCCO3)nn2)c(CC)c1. The number of benzene rings is 1. The number of nitrogens with zero attached hydrogens (tertiary/aromatic N) is 3. The predicted molar refractivity (Wildman–Crippen MR) is 83.8 cm³/mol. The van der Waals surface area contributed by atoms with Crippen LogP contribution in [-0.4, -0.2) is 35.6 Å². The Balaban J connectivity index is 1.78. The molecule has 4 nitrogen and oxygen atoms in total. The van der Waals surface area contributed by atoms with Gasteiger partial charge in [-0.1, -0.05) is 35.8 Å². The van der Waals surface area contributed by atoms with E-state index in [0.29, 0.717) is 0 Å². The average molecular weight is 281 g/mol. The maximum absolute atomic E-state index is 5.85. The molecule has 3 rings (SSSR count). The van der Waals surface area contributed by atoms with E-state index in [-0.39, 0.29) is 6.10 Å². The van der Waals surface area contributed by atoms with Crippen LogP contribution in [0.4, 0.5) is 0 Å².